The molecule has 32 heavy (non-hydrogen) atoms. The first kappa shape index (κ1) is 21.7. The third kappa shape index (κ3) is 4.27. The van der Waals surface area contributed by atoms with Crippen LogP contribution in [-0.2, 0) is 10.4 Å². The Kier molecular flexibility index (Phi) is 6.32. The van der Waals surface area contributed by atoms with E-state index in [1.54, 1.807) is 48.5 Å². The van der Waals surface area contributed by atoms with Crippen molar-refractivity contribution in [3.8, 4) is 0 Å². The summed E-state index contributed by atoms with van der Waals surface area (Å²) in [5.41, 5.74) is 3.39. The first-order valence-electron chi connectivity index (χ1n) is 10.7. The fourth-order valence-electron chi connectivity index (χ4n) is 4.05. The van der Waals surface area contributed by atoms with Crippen LogP contribution < -0.4 is 10.3 Å². The minimum atomic E-state index is -1.92. The molecule has 3 aromatic rings. The zero-order chi connectivity index (χ0) is 22.6. The summed E-state index contributed by atoms with van der Waals surface area (Å²) in [6.07, 6.45) is 3.54. The van der Waals surface area contributed by atoms with Crippen molar-refractivity contribution < 1.29 is 14.3 Å². The molecule has 1 saturated heterocycles. The van der Waals surface area contributed by atoms with Gasteiger partial charge in [0.2, 0.25) is 0 Å². The minimum Gasteiger partial charge on any atom is -0.372 e. The summed E-state index contributed by atoms with van der Waals surface area (Å²) in [6, 6.07) is 20.7. The van der Waals surface area contributed by atoms with Crippen molar-refractivity contribution in [2.45, 2.75) is 25.4 Å². The average molecular weight is 432 g/mol. The van der Waals surface area contributed by atoms with Gasteiger partial charge in [0.25, 0.3) is 5.91 Å². The van der Waals surface area contributed by atoms with Crippen LogP contribution in [0, 0.1) is 12.7 Å². The van der Waals surface area contributed by atoms with Crippen molar-refractivity contribution >= 4 is 17.8 Å². The molecule has 1 amide bonds. The van der Waals surface area contributed by atoms with Crippen molar-refractivity contribution in [2.24, 2.45) is 5.10 Å². The maximum Gasteiger partial charge on any atom is 0.281 e. The number of aryl methyl sites for hydroxylation is 1. The first-order chi connectivity index (χ1) is 15.5. The Labute approximate surface area is 187 Å². The molecule has 6 heteroatoms. The molecule has 1 fully saturated rings. The van der Waals surface area contributed by atoms with Gasteiger partial charge in [-0.3, -0.25) is 4.79 Å². The molecule has 164 valence electrons. The second kappa shape index (κ2) is 9.32. The standard InChI is InChI=1S/C26H26FN3O2/c1-19-16-24(30-14-8-9-15-30)23(27)17-20(19)18-28-29-25(31)26(32,21-10-4-2-5-11-21)22-12-6-3-7-13-22/h2-7,10-13,16-18,32H,8-9,14-15H2,1H3,(H,29,31). The van der Waals surface area contributed by atoms with Gasteiger partial charge in [0.05, 0.1) is 11.9 Å². The molecule has 1 heterocycles. The Hall–Kier alpha value is -3.51. The molecule has 3 aromatic carbocycles. The maximum atomic E-state index is 14.7. The number of halogens is 1. The first-order valence-corrected chi connectivity index (χ1v) is 10.7. The molecule has 0 bridgehead atoms. The number of amides is 1. The van der Waals surface area contributed by atoms with E-state index in [4.69, 9.17) is 0 Å². The average Bonchev–Trinajstić information content (AvgIpc) is 3.36. The summed E-state index contributed by atoms with van der Waals surface area (Å²) in [6.45, 7) is 3.60. The van der Waals surface area contributed by atoms with Gasteiger partial charge in [0.1, 0.15) is 5.82 Å². The van der Waals surface area contributed by atoms with Gasteiger partial charge in [0, 0.05) is 18.7 Å². The normalized spacial score (nSPS) is 14.2. The minimum absolute atomic E-state index is 0.310. The third-order valence-corrected chi connectivity index (χ3v) is 5.86. The number of carbonyl (C=O) groups is 1. The summed E-state index contributed by atoms with van der Waals surface area (Å²) in [7, 11) is 0. The highest BCUT2D eigenvalue weighted by Gasteiger charge is 2.39. The van der Waals surface area contributed by atoms with E-state index in [0.29, 0.717) is 22.4 Å². The molecule has 4 rings (SSSR count). The lowest BCUT2D eigenvalue weighted by Gasteiger charge is -2.27. The maximum absolute atomic E-state index is 14.7. The molecular weight excluding hydrogens is 405 g/mol. The Bertz CT molecular complexity index is 1070. The van der Waals surface area contributed by atoms with Crippen LogP contribution in [0.1, 0.15) is 35.1 Å². The highest BCUT2D eigenvalue weighted by atomic mass is 19.1. The summed E-state index contributed by atoms with van der Waals surface area (Å²) in [4.78, 5) is 15.1. The SMILES string of the molecule is Cc1cc(N2CCCC2)c(F)cc1C=NNC(=O)C(O)(c1ccccc1)c1ccccc1. The molecule has 0 radical (unpaired) electrons. The van der Waals surface area contributed by atoms with Crippen molar-refractivity contribution in [3.05, 3.63) is 101 Å². The zero-order valence-corrected chi connectivity index (χ0v) is 18.0. The van der Waals surface area contributed by atoms with Gasteiger partial charge >= 0.3 is 0 Å². The summed E-state index contributed by atoms with van der Waals surface area (Å²) >= 11 is 0. The van der Waals surface area contributed by atoms with Gasteiger partial charge in [0.15, 0.2) is 5.60 Å². The number of aliphatic hydroxyl groups is 1. The highest BCUT2D eigenvalue weighted by molar-refractivity contribution is 5.91. The van der Waals surface area contributed by atoms with E-state index in [0.717, 1.165) is 31.5 Å². The molecule has 0 unspecified atom stereocenters. The highest BCUT2D eigenvalue weighted by Crippen LogP contribution is 2.30. The van der Waals surface area contributed by atoms with Crippen LogP contribution in [0.2, 0.25) is 0 Å². The Morgan fingerprint density at radius 2 is 1.59 bits per heavy atom. The number of hydrazone groups is 1. The predicted molar refractivity (Wildman–Crippen MR) is 124 cm³/mol. The Morgan fingerprint density at radius 3 is 2.16 bits per heavy atom. The number of hydrogen-bond donors (Lipinski definition) is 2. The second-order valence-corrected chi connectivity index (χ2v) is 8.00. The molecule has 0 atom stereocenters. The second-order valence-electron chi connectivity index (χ2n) is 8.00. The van der Waals surface area contributed by atoms with Crippen LogP contribution in [0.5, 0.6) is 0 Å². The van der Waals surface area contributed by atoms with Crippen molar-refractivity contribution in [2.75, 3.05) is 18.0 Å². The van der Waals surface area contributed by atoms with Crippen molar-refractivity contribution in [1.29, 1.82) is 0 Å². The zero-order valence-electron chi connectivity index (χ0n) is 18.0. The molecule has 0 spiro atoms. The molecule has 5 nitrogen and oxygen atoms in total. The van der Waals surface area contributed by atoms with Crippen molar-refractivity contribution in [3.63, 3.8) is 0 Å². The Morgan fingerprint density at radius 1 is 1.03 bits per heavy atom. The summed E-state index contributed by atoms with van der Waals surface area (Å²) < 4.78 is 14.7. The summed E-state index contributed by atoms with van der Waals surface area (Å²) in [5, 5.41) is 15.4. The molecule has 1 aliphatic heterocycles. The van der Waals surface area contributed by atoms with Gasteiger partial charge in [-0.25, -0.2) is 9.82 Å². The van der Waals surface area contributed by atoms with E-state index in [-0.39, 0.29) is 5.82 Å². The number of nitrogens with zero attached hydrogens (tertiary/aromatic N) is 2. The Balaban J connectivity index is 1.57. The van der Waals surface area contributed by atoms with Gasteiger partial charge in [-0.2, -0.15) is 5.10 Å². The molecule has 0 aromatic heterocycles. The van der Waals surface area contributed by atoms with Crippen LogP contribution in [-0.4, -0.2) is 30.3 Å². The topological polar surface area (TPSA) is 64.9 Å². The lowest BCUT2D eigenvalue weighted by Crippen LogP contribution is -2.43. The van der Waals surface area contributed by atoms with Crippen LogP contribution in [0.3, 0.4) is 0 Å². The van der Waals surface area contributed by atoms with Crippen LogP contribution in [0.15, 0.2) is 77.9 Å². The van der Waals surface area contributed by atoms with Gasteiger partial charge in [-0.15, -0.1) is 0 Å². The van der Waals surface area contributed by atoms with E-state index in [9.17, 15) is 14.3 Å². The predicted octanol–water partition coefficient (Wildman–Crippen LogP) is 4.12. The third-order valence-electron chi connectivity index (χ3n) is 5.86. The van der Waals surface area contributed by atoms with E-state index >= 15 is 0 Å². The number of rotatable bonds is 6. The van der Waals surface area contributed by atoms with Gasteiger partial charge in [-0.05, 0) is 48.6 Å². The van der Waals surface area contributed by atoms with E-state index in [1.165, 1.54) is 12.3 Å². The monoisotopic (exact) mass is 431 g/mol. The van der Waals surface area contributed by atoms with Crippen LogP contribution in [0.4, 0.5) is 10.1 Å². The van der Waals surface area contributed by atoms with Gasteiger partial charge < -0.3 is 10.0 Å². The van der Waals surface area contributed by atoms with E-state index in [2.05, 4.69) is 10.5 Å². The largest absolute Gasteiger partial charge is 0.372 e. The summed E-state index contributed by atoms with van der Waals surface area (Å²) in [5.74, 6) is -1.01. The number of benzene rings is 3. The fraction of sp³-hybridized carbons (Fsp3) is 0.231. The van der Waals surface area contributed by atoms with Gasteiger partial charge in [-0.1, -0.05) is 60.7 Å². The van der Waals surface area contributed by atoms with Crippen LogP contribution >= 0.6 is 0 Å². The lowest BCUT2D eigenvalue weighted by atomic mass is 9.85. The number of nitrogens with one attached hydrogen (secondary N) is 1. The number of carbonyl (C=O) groups excluding carboxylic acids is 1. The van der Waals surface area contributed by atoms with Crippen LogP contribution in [0.25, 0.3) is 0 Å². The molecule has 0 saturated carbocycles. The van der Waals surface area contributed by atoms with Crippen molar-refractivity contribution in [1.82, 2.24) is 5.43 Å². The number of anilines is 1. The molecular formula is C26H26FN3O2. The quantitative estimate of drug-likeness (QED) is 0.456. The molecule has 2 N–H and O–H groups in total. The van der Waals surface area contributed by atoms with E-state index in [1.807, 2.05) is 30.0 Å². The molecule has 1 aliphatic rings. The fourth-order valence-corrected chi connectivity index (χ4v) is 4.05. The van der Waals surface area contributed by atoms with E-state index < -0.39 is 11.5 Å². The molecule has 0 aliphatic carbocycles. The number of hydrogen-bond acceptors (Lipinski definition) is 4. The smallest absolute Gasteiger partial charge is 0.281 e. The lowest BCUT2D eigenvalue weighted by molar-refractivity contribution is -0.136.